The number of methoxy groups -OCH3 is 2. The van der Waals surface area contributed by atoms with Crippen molar-refractivity contribution in [3.63, 3.8) is 0 Å². The van der Waals surface area contributed by atoms with Gasteiger partial charge in [0.25, 0.3) is 0 Å². The Morgan fingerprint density at radius 1 is 1.20 bits per heavy atom. The quantitative estimate of drug-likeness (QED) is 0.804. The van der Waals surface area contributed by atoms with Crippen LogP contribution in [0.25, 0.3) is 0 Å². The summed E-state index contributed by atoms with van der Waals surface area (Å²) in [5.41, 5.74) is 2.25. The van der Waals surface area contributed by atoms with Crippen molar-refractivity contribution in [3.05, 3.63) is 41.7 Å². The zero-order valence-electron chi connectivity index (χ0n) is 15.4. The number of aromatic nitrogens is 2. The van der Waals surface area contributed by atoms with Crippen LogP contribution in [0.15, 0.2) is 30.5 Å². The van der Waals surface area contributed by atoms with E-state index >= 15 is 0 Å². The summed E-state index contributed by atoms with van der Waals surface area (Å²) < 4.78 is 10.9. The molecule has 6 heteroatoms. The molecule has 1 aromatic carbocycles. The van der Waals surface area contributed by atoms with Gasteiger partial charge in [-0.25, -0.2) is 9.97 Å². The molecule has 2 heterocycles. The number of hydrogen-bond acceptors (Lipinski definition) is 6. The number of ether oxygens (including phenoxy) is 2. The Morgan fingerprint density at radius 3 is 2.76 bits per heavy atom. The lowest BCUT2D eigenvalue weighted by atomic mass is 10.0. The van der Waals surface area contributed by atoms with Crippen LogP contribution in [0.1, 0.15) is 30.1 Å². The van der Waals surface area contributed by atoms with Gasteiger partial charge < -0.3 is 14.4 Å². The molecule has 0 bridgehead atoms. The van der Waals surface area contributed by atoms with Crippen LogP contribution in [-0.4, -0.2) is 49.7 Å². The highest BCUT2D eigenvalue weighted by molar-refractivity contribution is 5.43. The van der Waals surface area contributed by atoms with Crippen molar-refractivity contribution in [1.29, 1.82) is 0 Å². The van der Waals surface area contributed by atoms with Crippen molar-refractivity contribution in [3.8, 4) is 11.5 Å². The number of benzene rings is 1. The maximum Gasteiger partial charge on any atom is 0.225 e. The monoisotopic (exact) mass is 342 g/mol. The van der Waals surface area contributed by atoms with Crippen molar-refractivity contribution in [2.24, 2.45) is 0 Å². The van der Waals surface area contributed by atoms with Crippen molar-refractivity contribution in [2.75, 3.05) is 39.8 Å². The lowest BCUT2D eigenvalue weighted by Crippen LogP contribution is -2.24. The van der Waals surface area contributed by atoms with Crippen LogP contribution in [0.5, 0.6) is 11.5 Å². The first-order chi connectivity index (χ1) is 12.1. The van der Waals surface area contributed by atoms with Gasteiger partial charge in [-0.3, -0.25) is 4.90 Å². The van der Waals surface area contributed by atoms with Crippen LogP contribution >= 0.6 is 0 Å². The molecule has 134 valence electrons. The first kappa shape index (κ1) is 17.5. The fourth-order valence-electron chi connectivity index (χ4n) is 3.36. The molecule has 0 radical (unpaired) electrons. The number of rotatable bonds is 6. The highest BCUT2D eigenvalue weighted by Crippen LogP contribution is 2.39. The molecule has 0 N–H and O–H groups in total. The van der Waals surface area contributed by atoms with Gasteiger partial charge in [-0.15, -0.1) is 0 Å². The Labute approximate surface area is 149 Å². The predicted octanol–water partition coefficient (Wildman–Crippen LogP) is 2.90. The van der Waals surface area contributed by atoms with Gasteiger partial charge >= 0.3 is 0 Å². The molecular weight excluding hydrogens is 316 g/mol. The third kappa shape index (κ3) is 3.85. The Hall–Kier alpha value is -2.34. The molecule has 0 amide bonds. The highest BCUT2D eigenvalue weighted by Gasteiger charge is 2.29. The first-order valence-electron chi connectivity index (χ1n) is 8.57. The van der Waals surface area contributed by atoms with Crippen LogP contribution < -0.4 is 14.4 Å². The minimum Gasteiger partial charge on any atom is -0.497 e. The molecule has 1 atom stereocenters. The third-order valence-electron chi connectivity index (χ3n) is 4.63. The zero-order valence-corrected chi connectivity index (χ0v) is 15.4. The molecule has 1 aliphatic heterocycles. The molecule has 0 saturated carbocycles. The lowest BCUT2D eigenvalue weighted by molar-refractivity contribution is 0.240. The maximum absolute atomic E-state index is 5.61. The normalized spacial score (nSPS) is 17.5. The molecule has 1 fully saturated rings. The van der Waals surface area contributed by atoms with Gasteiger partial charge in [-0.2, -0.15) is 0 Å². The summed E-state index contributed by atoms with van der Waals surface area (Å²) in [7, 11) is 7.30. The van der Waals surface area contributed by atoms with Crippen LogP contribution in [-0.2, 0) is 6.54 Å². The summed E-state index contributed by atoms with van der Waals surface area (Å²) in [5, 5.41) is 0. The van der Waals surface area contributed by atoms with Gasteiger partial charge in [0.15, 0.2) is 0 Å². The van der Waals surface area contributed by atoms with Gasteiger partial charge in [0.1, 0.15) is 11.5 Å². The molecule has 1 aliphatic rings. The molecule has 1 aromatic heterocycles. The second kappa shape index (κ2) is 7.70. The average molecular weight is 342 g/mol. The zero-order chi connectivity index (χ0) is 17.8. The molecule has 1 saturated heterocycles. The Morgan fingerprint density at radius 2 is 2.04 bits per heavy atom. The first-order valence-corrected chi connectivity index (χ1v) is 8.57. The van der Waals surface area contributed by atoms with E-state index in [2.05, 4.69) is 20.9 Å². The Balaban J connectivity index is 1.82. The van der Waals surface area contributed by atoms with E-state index in [-0.39, 0.29) is 0 Å². The van der Waals surface area contributed by atoms with Gasteiger partial charge in [0.05, 0.1) is 19.9 Å². The van der Waals surface area contributed by atoms with Crippen molar-refractivity contribution in [1.82, 2.24) is 14.9 Å². The van der Waals surface area contributed by atoms with Crippen LogP contribution in [0.4, 0.5) is 5.95 Å². The maximum atomic E-state index is 5.61. The second-order valence-corrected chi connectivity index (χ2v) is 6.48. The van der Waals surface area contributed by atoms with E-state index in [1.807, 2.05) is 43.4 Å². The summed E-state index contributed by atoms with van der Waals surface area (Å²) in [6.07, 6.45) is 4.12. The standard InChI is InChI=1S/C19H26N4O2/c1-22(2)19-20-10-9-14(21-19)13-23-11-5-6-17(23)16-8-7-15(24-3)12-18(16)25-4/h7-10,12,17H,5-6,11,13H2,1-4H3/t17-/m1/s1. The number of anilines is 1. The summed E-state index contributed by atoms with van der Waals surface area (Å²) >= 11 is 0. The minimum atomic E-state index is 0.332. The SMILES string of the molecule is COc1ccc([C@H]2CCCN2Cc2ccnc(N(C)C)n2)c(OC)c1. The molecular formula is C19H26N4O2. The van der Waals surface area contributed by atoms with Crippen molar-refractivity contribution >= 4 is 5.95 Å². The Kier molecular flexibility index (Phi) is 5.38. The van der Waals surface area contributed by atoms with E-state index in [1.54, 1.807) is 14.2 Å². The van der Waals surface area contributed by atoms with E-state index < -0.39 is 0 Å². The van der Waals surface area contributed by atoms with Crippen LogP contribution in [0.3, 0.4) is 0 Å². The largest absolute Gasteiger partial charge is 0.497 e. The fraction of sp³-hybridized carbons (Fsp3) is 0.474. The average Bonchev–Trinajstić information content (AvgIpc) is 3.09. The number of hydrogen-bond donors (Lipinski definition) is 0. The molecule has 25 heavy (non-hydrogen) atoms. The molecule has 6 nitrogen and oxygen atoms in total. The van der Waals surface area contributed by atoms with Crippen molar-refractivity contribution in [2.45, 2.75) is 25.4 Å². The van der Waals surface area contributed by atoms with Crippen LogP contribution in [0.2, 0.25) is 0 Å². The Bertz CT molecular complexity index is 720. The molecule has 0 unspecified atom stereocenters. The minimum absolute atomic E-state index is 0.332. The number of nitrogens with zero attached hydrogens (tertiary/aromatic N) is 4. The summed E-state index contributed by atoms with van der Waals surface area (Å²) in [6.45, 7) is 1.87. The van der Waals surface area contributed by atoms with Crippen LogP contribution in [0, 0.1) is 0 Å². The fourth-order valence-corrected chi connectivity index (χ4v) is 3.36. The molecule has 0 spiro atoms. The topological polar surface area (TPSA) is 50.7 Å². The smallest absolute Gasteiger partial charge is 0.225 e. The summed E-state index contributed by atoms with van der Waals surface area (Å²) in [4.78, 5) is 13.3. The van der Waals surface area contributed by atoms with E-state index in [4.69, 9.17) is 9.47 Å². The van der Waals surface area contributed by atoms with Gasteiger partial charge in [-0.05, 0) is 31.5 Å². The molecule has 3 rings (SSSR count). The highest BCUT2D eigenvalue weighted by atomic mass is 16.5. The second-order valence-electron chi connectivity index (χ2n) is 6.48. The van der Waals surface area contributed by atoms with E-state index in [0.717, 1.165) is 42.7 Å². The number of likely N-dealkylation sites (tertiary alicyclic amines) is 1. The summed E-state index contributed by atoms with van der Waals surface area (Å²) in [6, 6.07) is 8.40. The molecule has 0 aliphatic carbocycles. The van der Waals surface area contributed by atoms with Crippen molar-refractivity contribution < 1.29 is 9.47 Å². The van der Waals surface area contributed by atoms with E-state index in [0.29, 0.717) is 6.04 Å². The van der Waals surface area contributed by atoms with Gasteiger partial charge in [-0.1, -0.05) is 6.07 Å². The lowest BCUT2D eigenvalue weighted by Gasteiger charge is -2.26. The predicted molar refractivity (Wildman–Crippen MR) is 98.3 cm³/mol. The third-order valence-corrected chi connectivity index (χ3v) is 4.63. The van der Waals surface area contributed by atoms with Gasteiger partial charge in [0.2, 0.25) is 5.95 Å². The molecule has 2 aromatic rings. The van der Waals surface area contributed by atoms with E-state index in [9.17, 15) is 0 Å². The van der Waals surface area contributed by atoms with Gasteiger partial charge in [0, 0.05) is 44.5 Å². The van der Waals surface area contributed by atoms with E-state index in [1.165, 1.54) is 12.0 Å². The summed E-state index contributed by atoms with van der Waals surface area (Å²) in [5.74, 6) is 2.44.